The Hall–Kier alpha value is -1.26. The summed E-state index contributed by atoms with van der Waals surface area (Å²) in [7, 11) is 0. The molecule has 0 aliphatic carbocycles. The number of aliphatic hydroxyl groups is 1. The number of pyridine rings is 1. The summed E-state index contributed by atoms with van der Waals surface area (Å²) >= 11 is 0. The zero-order chi connectivity index (χ0) is 8.97. The molecule has 4 nitrogen and oxygen atoms in total. The van der Waals surface area contributed by atoms with E-state index in [1.807, 2.05) is 0 Å². The fourth-order valence-electron chi connectivity index (χ4n) is 0.815. The molecular formula is C8H11N2O2+. The van der Waals surface area contributed by atoms with Crippen molar-refractivity contribution in [2.45, 2.75) is 6.04 Å². The Morgan fingerprint density at radius 3 is 2.50 bits per heavy atom. The summed E-state index contributed by atoms with van der Waals surface area (Å²) in [6, 6.07) is 4.41. The zero-order valence-corrected chi connectivity index (χ0v) is 6.55. The zero-order valence-electron chi connectivity index (χ0n) is 6.55. The van der Waals surface area contributed by atoms with Crippen molar-refractivity contribution in [1.82, 2.24) is 0 Å². The molecule has 0 aromatic carbocycles. The Labute approximate surface area is 70.3 Å². The predicted octanol–water partition coefficient (Wildman–Crippen LogP) is -1.07. The number of carbonyl (C=O) groups excluding carboxylic acids is 1. The van der Waals surface area contributed by atoms with Gasteiger partial charge in [-0.2, -0.15) is 0 Å². The van der Waals surface area contributed by atoms with Crippen LogP contribution in [0, 0.1) is 0 Å². The lowest BCUT2D eigenvalue weighted by Crippen LogP contribution is -2.53. The average molecular weight is 167 g/mol. The van der Waals surface area contributed by atoms with Crippen LogP contribution in [-0.2, 0) is 0 Å². The van der Waals surface area contributed by atoms with Gasteiger partial charge in [0.25, 0.3) is 0 Å². The molecule has 0 fully saturated rings. The number of nitrogens with zero attached hydrogens (tertiary/aromatic N) is 1. The Morgan fingerprint density at radius 2 is 2.00 bits per heavy atom. The van der Waals surface area contributed by atoms with Gasteiger partial charge < -0.3 is 10.8 Å². The maximum absolute atomic E-state index is 11.3. The highest BCUT2D eigenvalue weighted by atomic mass is 16.3. The molecule has 4 heteroatoms. The summed E-state index contributed by atoms with van der Waals surface area (Å²) in [5.41, 5.74) is 5.33. The van der Waals surface area contributed by atoms with E-state index in [-0.39, 0.29) is 12.5 Å². The van der Waals surface area contributed by atoms with Crippen LogP contribution in [-0.4, -0.2) is 23.7 Å². The minimum Gasteiger partial charge on any atom is -0.394 e. The van der Waals surface area contributed by atoms with Gasteiger partial charge in [0.15, 0.2) is 18.4 Å². The molecule has 1 aromatic rings. The van der Waals surface area contributed by atoms with Crippen molar-refractivity contribution in [3.05, 3.63) is 30.6 Å². The standard InChI is InChI=1S/C8H11N2O2/c9-7(6-11)8(12)10-4-2-1-3-5-10/h1-5,7,11H,6,9H2/q+1/t7-/m0/s1. The van der Waals surface area contributed by atoms with E-state index in [4.69, 9.17) is 10.8 Å². The van der Waals surface area contributed by atoms with Crippen LogP contribution in [0.5, 0.6) is 0 Å². The van der Waals surface area contributed by atoms with Gasteiger partial charge in [-0.25, -0.2) is 4.79 Å². The van der Waals surface area contributed by atoms with Gasteiger partial charge in [-0.05, 0) is 0 Å². The molecule has 64 valence electrons. The molecule has 0 bridgehead atoms. The lowest BCUT2D eigenvalue weighted by molar-refractivity contribution is -0.575. The van der Waals surface area contributed by atoms with Crippen LogP contribution in [0.3, 0.4) is 0 Å². The first-order valence-corrected chi connectivity index (χ1v) is 3.62. The fourth-order valence-corrected chi connectivity index (χ4v) is 0.815. The Kier molecular flexibility index (Phi) is 2.90. The highest BCUT2D eigenvalue weighted by Gasteiger charge is 2.21. The van der Waals surface area contributed by atoms with Crippen molar-refractivity contribution < 1.29 is 14.5 Å². The second-order valence-corrected chi connectivity index (χ2v) is 2.41. The van der Waals surface area contributed by atoms with Crippen LogP contribution in [0.4, 0.5) is 0 Å². The van der Waals surface area contributed by atoms with E-state index >= 15 is 0 Å². The van der Waals surface area contributed by atoms with Crippen LogP contribution < -0.4 is 10.3 Å². The van der Waals surface area contributed by atoms with Crippen molar-refractivity contribution in [1.29, 1.82) is 0 Å². The quantitative estimate of drug-likeness (QED) is 0.551. The van der Waals surface area contributed by atoms with E-state index < -0.39 is 6.04 Å². The third kappa shape index (κ3) is 1.87. The normalized spacial score (nSPS) is 12.5. The summed E-state index contributed by atoms with van der Waals surface area (Å²) in [6.45, 7) is -0.333. The summed E-state index contributed by atoms with van der Waals surface area (Å²) in [5, 5.41) is 8.61. The minimum atomic E-state index is -0.836. The first-order chi connectivity index (χ1) is 5.75. The van der Waals surface area contributed by atoms with Crippen molar-refractivity contribution in [2.24, 2.45) is 5.73 Å². The third-order valence-corrected chi connectivity index (χ3v) is 1.48. The molecule has 0 aliphatic rings. The summed E-state index contributed by atoms with van der Waals surface area (Å²) in [5.74, 6) is -0.307. The van der Waals surface area contributed by atoms with Crippen molar-refractivity contribution in [3.8, 4) is 0 Å². The number of nitrogens with two attached hydrogens (primary N) is 1. The van der Waals surface area contributed by atoms with Crippen LogP contribution >= 0.6 is 0 Å². The minimum absolute atomic E-state index is 0.307. The monoisotopic (exact) mass is 167 g/mol. The molecule has 0 saturated heterocycles. The topological polar surface area (TPSA) is 67.2 Å². The molecule has 1 atom stereocenters. The van der Waals surface area contributed by atoms with Gasteiger partial charge >= 0.3 is 5.91 Å². The lowest BCUT2D eigenvalue weighted by atomic mass is 10.3. The molecular weight excluding hydrogens is 156 g/mol. The number of aromatic nitrogens is 1. The second-order valence-electron chi connectivity index (χ2n) is 2.41. The number of aliphatic hydroxyl groups excluding tert-OH is 1. The molecule has 0 aliphatic heterocycles. The molecule has 0 saturated carbocycles. The summed E-state index contributed by atoms with van der Waals surface area (Å²) in [4.78, 5) is 11.3. The van der Waals surface area contributed by atoms with Crippen molar-refractivity contribution in [3.63, 3.8) is 0 Å². The maximum Gasteiger partial charge on any atom is 0.411 e. The number of carbonyl (C=O) groups is 1. The first-order valence-electron chi connectivity index (χ1n) is 3.62. The van der Waals surface area contributed by atoms with E-state index in [1.54, 1.807) is 30.6 Å². The van der Waals surface area contributed by atoms with Gasteiger partial charge in [0.1, 0.15) is 0 Å². The summed E-state index contributed by atoms with van der Waals surface area (Å²) in [6.07, 6.45) is 3.19. The number of hydrogen-bond acceptors (Lipinski definition) is 3. The predicted molar refractivity (Wildman–Crippen MR) is 42.3 cm³/mol. The van der Waals surface area contributed by atoms with Gasteiger partial charge in [-0.3, -0.25) is 0 Å². The average Bonchev–Trinajstić information content (AvgIpc) is 2.17. The third-order valence-electron chi connectivity index (χ3n) is 1.48. The van der Waals surface area contributed by atoms with E-state index in [0.29, 0.717) is 0 Å². The molecule has 1 aromatic heterocycles. The SMILES string of the molecule is N[C@@H](CO)C(=O)[n+]1ccccc1. The number of rotatable bonds is 2. The van der Waals surface area contributed by atoms with Crippen LogP contribution in [0.1, 0.15) is 4.79 Å². The van der Waals surface area contributed by atoms with Gasteiger partial charge in [-0.1, -0.05) is 6.07 Å². The molecule has 1 rings (SSSR count). The van der Waals surface area contributed by atoms with Gasteiger partial charge in [0.2, 0.25) is 0 Å². The van der Waals surface area contributed by atoms with Gasteiger partial charge in [0.05, 0.1) is 6.61 Å². The van der Waals surface area contributed by atoms with Crippen LogP contribution in [0.2, 0.25) is 0 Å². The van der Waals surface area contributed by atoms with E-state index in [9.17, 15) is 4.79 Å². The summed E-state index contributed by atoms with van der Waals surface area (Å²) < 4.78 is 1.35. The largest absolute Gasteiger partial charge is 0.411 e. The second kappa shape index (κ2) is 3.94. The Morgan fingerprint density at radius 1 is 1.42 bits per heavy atom. The van der Waals surface area contributed by atoms with Gasteiger partial charge in [0, 0.05) is 12.1 Å². The highest BCUT2D eigenvalue weighted by molar-refractivity contribution is 5.72. The molecule has 0 unspecified atom stereocenters. The lowest BCUT2D eigenvalue weighted by Gasteiger charge is -1.99. The molecule has 3 N–H and O–H groups in total. The maximum atomic E-state index is 11.3. The van der Waals surface area contributed by atoms with Crippen LogP contribution in [0.25, 0.3) is 0 Å². The fraction of sp³-hybridized carbons (Fsp3) is 0.250. The molecule has 12 heavy (non-hydrogen) atoms. The molecule has 0 radical (unpaired) electrons. The molecule has 1 heterocycles. The smallest absolute Gasteiger partial charge is 0.394 e. The van der Waals surface area contributed by atoms with Crippen LogP contribution in [0.15, 0.2) is 30.6 Å². The van der Waals surface area contributed by atoms with E-state index in [0.717, 1.165) is 0 Å². The molecule has 0 amide bonds. The van der Waals surface area contributed by atoms with Crippen molar-refractivity contribution >= 4 is 5.91 Å². The first kappa shape index (κ1) is 8.83. The highest BCUT2D eigenvalue weighted by Crippen LogP contribution is 1.80. The Balaban J connectivity index is 2.79. The Bertz CT molecular complexity index is 261. The van der Waals surface area contributed by atoms with Crippen molar-refractivity contribution in [2.75, 3.05) is 6.61 Å². The van der Waals surface area contributed by atoms with E-state index in [2.05, 4.69) is 0 Å². The number of hydrogen-bond donors (Lipinski definition) is 2. The van der Waals surface area contributed by atoms with Gasteiger partial charge in [-0.15, -0.1) is 4.57 Å². The van der Waals surface area contributed by atoms with E-state index in [1.165, 1.54) is 4.57 Å². The molecule has 0 spiro atoms.